The molecule has 96 valence electrons. The number of rotatable bonds is 5. The molecule has 18 heavy (non-hydrogen) atoms. The Morgan fingerprint density at radius 2 is 2.00 bits per heavy atom. The second-order valence-electron chi connectivity index (χ2n) is 4.40. The van der Waals surface area contributed by atoms with Gasteiger partial charge < -0.3 is 10.1 Å². The zero-order valence-electron chi connectivity index (χ0n) is 10.9. The van der Waals surface area contributed by atoms with Gasteiger partial charge in [-0.05, 0) is 24.3 Å². The number of hydrogen-bond donors (Lipinski definition) is 1. The molecule has 0 aliphatic rings. The first kappa shape index (κ1) is 13.1. The first-order valence-corrected chi connectivity index (χ1v) is 6.83. The zero-order valence-corrected chi connectivity index (χ0v) is 11.8. The van der Waals surface area contributed by atoms with Crippen molar-refractivity contribution in [1.82, 2.24) is 10.3 Å². The molecule has 0 aliphatic heterocycles. The smallest absolute Gasteiger partial charge is 0.123 e. The van der Waals surface area contributed by atoms with Gasteiger partial charge in [-0.1, -0.05) is 13.8 Å². The molecule has 0 fully saturated rings. The highest BCUT2D eigenvalue weighted by Crippen LogP contribution is 2.26. The number of aromatic nitrogens is 1. The maximum absolute atomic E-state index is 5.15. The summed E-state index contributed by atoms with van der Waals surface area (Å²) < 4.78 is 5.15. The van der Waals surface area contributed by atoms with Crippen LogP contribution in [0.25, 0.3) is 10.6 Å². The van der Waals surface area contributed by atoms with E-state index in [2.05, 4.69) is 24.1 Å². The Morgan fingerprint density at radius 1 is 1.28 bits per heavy atom. The van der Waals surface area contributed by atoms with Crippen molar-refractivity contribution in [2.45, 2.75) is 26.4 Å². The third-order valence-corrected chi connectivity index (χ3v) is 3.62. The highest BCUT2D eigenvalue weighted by Gasteiger charge is 2.05. The highest BCUT2D eigenvalue weighted by molar-refractivity contribution is 7.15. The van der Waals surface area contributed by atoms with Gasteiger partial charge in [-0.3, -0.25) is 0 Å². The second-order valence-corrected chi connectivity index (χ2v) is 5.51. The van der Waals surface area contributed by atoms with Gasteiger partial charge in [0.1, 0.15) is 10.8 Å². The van der Waals surface area contributed by atoms with Crippen molar-refractivity contribution in [3.8, 4) is 16.3 Å². The Morgan fingerprint density at radius 3 is 2.61 bits per heavy atom. The lowest BCUT2D eigenvalue weighted by Gasteiger charge is -2.04. The van der Waals surface area contributed by atoms with Crippen LogP contribution in [0, 0.1) is 0 Å². The van der Waals surface area contributed by atoms with Crippen LogP contribution in [0.4, 0.5) is 0 Å². The van der Waals surface area contributed by atoms with Gasteiger partial charge in [0.15, 0.2) is 0 Å². The van der Waals surface area contributed by atoms with Crippen molar-refractivity contribution >= 4 is 11.3 Å². The van der Waals surface area contributed by atoms with E-state index in [1.165, 1.54) is 4.88 Å². The topological polar surface area (TPSA) is 34.1 Å². The van der Waals surface area contributed by atoms with Crippen LogP contribution in [0.2, 0.25) is 0 Å². The van der Waals surface area contributed by atoms with E-state index in [0.717, 1.165) is 22.9 Å². The van der Waals surface area contributed by atoms with Crippen LogP contribution in [0.5, 0.6) is 5.75 Å². The molecule has 2 aromatic rings. The van der Waals surface area contributed by atoms with Gasteiger partial charge in [-0.2, -0.15) is 0 Å². The Kier molecular flexibility index (Phi) is 4.33. The van der Waals surface area contributed by atoms with Gasteiger partial charge in [0.25, 0.3) is 0 Å². The van der Waals surface area contributed by atoms with E-state index in [-0.39, 0.29) is 0 Å². The van der Waals surface area contributed by atoms with Crippen molar-refractivity contribution in [2.24, 2.45) is 0 Å². The molecule has 0 saturated carbocycles. The Hall–Kier alpha value is -1.39. The van der Waals surface area contributed by atoms with Crippen molar-refractivity contribution in [1.29, 1.82) is 0 Å². The first-order valence-electron chi connectivity index (χ1n) is 6.01. The molecule has 4 heteroatoms. The lowest BCUT2D eigenvalue weighted by molar-refractivity contribution is 0.415. The average molecular weight is 262 g/mol. The number of hydrogen-bond acceptors (Lipinski definition) is 4. The molecule has 0 spiro atoms. The van der Waals surface area contributed by atoms with Crippen LogP contribution in [-0.2, 0) is 6.54 Å². The van der Waals surface area contributed by atoms with E-state index < -0.39 is 0 Å². The fraction of sp³-hybridized carbons (Fsp3) is 0.357. The van der Waals surface area contributed by atoms with Gasteiger partial charge in [0.2, 0.25) is 0 Å². The molecular weight excluding hydrogens is 244 g/mol. The van der Waals surface area contributed by atoms with Crippen LogP contribution < -0.4 is 10.1 Å². The van der Waals surface area contributed by atoms with Gasteiger partial charge in [0.05, 0.1) is 7.11 Å². The first-order chi connectivity index (χ1) is 8.69. The molecule has 1 heterocycles. The summed E-state index contributed by atoms with van der Waals surface area (Å²) in [6.07, 6.45) is 1.94. The molecule has 3 nitrogen and oxygen atoms in total. The largest absolute Gasteiger partial charge is 0.497 e. The summed E-state index contributed by atoms with van der Waals surface area (Å²) in [5, 5.41) is 4.45. The summed E-state index contributed by atoms with van der Waals surface area (Å²) >= 11 is 1.73. The number of thiazole rings is 1. The van der Waals surface area contributed by atoms with Crippen molar-refractivity contribution in [2.75, 3.05) is 7.11 Å². The standard InChI is InChI=1S/C14H18N2OS/c1-10(2)15-8-13-9-16-14(18-13)11-4-6-12(17-3)7-5-11/h4-7,9-10,15H,8H2,1-3H3. The van der Waals surface area contributed by atoms with Gasteiger partial charge in [0, 0.05) is 29.2 Å². The van der Waals surface area contributed by atoms with E-state index in [0.29, 0.717) is 6.04 Å². The number of methoxy groups -OCH3 is 1. The summed E-state index contributed by atoms with van der Waals surface area (Å²) in [5.41, 5.74) is 1.14. The normalized spacial score (nSPS) is 10.9. The van der Waals surface area contributed by atoms with Crippen molar-refractivity contribution in [3.05, 3.63) is 35.3 Å². The monoisotopic (exact) mass is 262 g/mol. The molecule has 1 aromatic heterocycles. The molecule has 2 rings (SSSR count). The fourth-order valence-electron chi connectivity index (χ4n) is 1.56. The van der Waals surface area contributed by atoms with E-state index in [1.807, 2.05) is 30.5 Å². The Balaban J connectivity index is 2.08. The maximum Gasteiger partial charge on any atom is 0.123 e. The average Bonchev–Trinajstić information content (AvgIpc) is 2.85. The quantitative estimate of drug-likeness (QED) is 0.897. The summed E-state index contributed by atoms with van der Waals surface area (Å²) in [7, 11) is 1.67. The van der Waals surface area contributed by atoms with Crippen molar-refractivity contribution in [3.63, 3.8) is 0 Å². The lowest BCUT2D eigenvalue weighted by atomic mass is 10.2. The number of nitrogens with zero attached hydrogens (tertiary/aromatic N) is 1. The molecule has 0 amide bonds. The third kappa shape index (κ3) is 3.31. The minimum atomic E-state index is 0.497. The summed E-state index contributed by atoms with van der Waals surface area (Å²) in [6, 6.07) is 8.50. The van der Waals surface area contributed by atoms with E-state index in [4.69, 9.17) is 4.74 Å². The summed E-state index contributed by atoms with van der Waals surface area (Å²) in [6.45, 7) is 5.17. The summed E-state index contributed by atoms with van der Waals surface area (Å²) in [5.74, 6) is 0.872. The predicted octanol–water partition coefficient (Wildman–Crippen LogP) is 3.32. The molecule has 0 bridgehead atoms. The van der Waals surface area contributed by atoms with Crippen LogP contribution >= 0.6 is 11.3 Å². The predicted molar refractivity (Wildman–Crippen MR) is 76.1 cm³/mol. The van der Waals surface area contributed by atoms with E-state index in [1.54, 1.807) is 18.4 Å². The van der Waals surface area contributed by atoms with Crippen LogP contribution in [0.15, 0.2) is 30.5 Å². The molecule has 0 radical (unpaired) electrons. The molecule has 0 aliphatic carbocycles. The minimum Gasteiger partial charge on any atom is -0.497 e. The summed E-state index contributed by atoms with van der Waals surface area (Å²) in [4.78, 5) is 5.72. The van der Waals surface area contributed by atoms with Crippen LogP contribution in [0.1, 0.15) is 18.7 Å². The molecule has 0 unspecified atom stereocenters. The lowest BCUT2D eigenvalue weighted by Crippen LogP contribution is -2.21. The fourth-order valence-corrected chi connectivity index (χ4v) is 2.43. The Bertz CT molecular complexity index is 491. The molecule has 0 atom stereocenters. The third-order valence-electron chi connectivity index (χ3n) is 2.58. The van der Waals surface area contributed by atoms with Crippen LogP contribution in [-0.4, -0.2) is 18.1 Å². The molecule has 1 aromatic carbocycles. The second kappa shape index (κ2) is 5.98. The van der Waals surface area contributed by atoms with Gasteiger partial charge in [-0.25, -0.2) is 4.98 Å². The van der Waals surface area contributed by atoms with Gasteiger partial charge in [-0.15, -0.1) is 11.3 Å². The zero-order chi connectivity index (χ0) is 13.0. The minimum absolute atomic E-state index is 0.497. The number of nitrogens with one attached hydrogen (secondary N) is 1. The van der Waals surface area contributed by atoms with Gasteiger partial charge >= 0.3 is 0 Å². The van der Waals surface area contributed by atoms with E-state index >= 15 is 0 Å². The van der Waals surface area contributed by atoms with E-state index in [9.17, 15) is 0 Å². The van der Waals surface area contributed by atoms with Crippen LogP contribution in [0.3, 0.4) is 0 Å². The van der Waals surface area contributed by atoms with Crippen molar-refractivity contribution < 1.29 is 4.74 Å². The molecular formula is C14H18N2OS. The molecule has 0 saturated heterocycles. The number of benzene rings is 1. The Labute approximate surface area is 112 Å². The SMILES string of the molecule is COc1ccc(-c2ncc(CNC(C)C)s2)cc1. The highest BCUT2D eigenvalue weighted by atomic mass is 32.1. The molecule has 1 N–H and O–H groups in total. The number of ether oxygens (including phenoxy) is 1. The maximum atomic E-state index is 5.15.